The predicted molar refractivity (Wildman–Crippen MR) is 83.9 cm³/mol. The zero-order valence-corrected chi connectivity index (χ0v) is 13.8. The van der Waals surface area contributed by atoms with Crippen molar-refractivity contribution in [1.29, 1.82) is 0 Å². The molecule has 3 nitrogen and oxygen atoms in total. The molecule has 0 aliphatic rings. The lowest BCUT2D eigenvalue weighted by molar-refractivity contribution is 0.585. The van der Waals surface area contributed by atoms with Crippen molar-refractivity contribution in [3.63, 3.8) is 0 Å². The zero-order chi connectivity index (χ0) is 14.5. The number of benzene rings is 1. The summed E-state index contributed by atoms with van der Waals surface area (Å²) in [4.78, 5) is 1.08. The molecule has 0 amide bonds. The Labute approximate surface area is 125 Å². The number of halogens is 1. The van der Waals surface area contributed by atoms with Gasteiger partial charge >= 0.3 is 0 Å². The highest BCUT2D eigenvalue weighted by molar-refractivity contribution is 8.00. The molecule has 0 spiro atoms. The first-order valence-electron chi connectivity index (χ1n) is 6.10. The number of nitrogens with one attached hydrogen (secondary N) is 1. The van der Waals surface area contributed by atoms with E-state index in [1.165, 1.54) is 6.26 Å². The molecule has 1 aromatic carbocycles. The van der Waals surface area contributed by atoms with Crippen molar-refractivity contribution in [3.8, 4) is 0 Å². The molecule has 0 heterocycles. The van der Waals surface area contributed by atoms with Crippen LogP contribution in [0.15, 0.2) is 23.1 Å². The van der Waals surface area contributed by atoms with Gasteiger partial charge in [-0.15, -0.1) is 11.8 Å². The van der Waals surface area contributed by atoms with Gasteiger partial charge < -0.3 is 5.32 Å². The fourth-order valence-electron chi connectivity index (χ4n) is 1.44. The third-order valence-electron chi connectivity index (χ3n) is 2.43. The summed E-state index contributed by atoms with van der Waals surface area (Å²) in [5.74, 6) is 0.756. The number of hydrogen-bond donors (Lipinski definition) is 1. The molecule has 6 heteroatoms. The minimum absolute atomic E-state index is 0.192. The molecule has 0 radical (unpaired) electrons. The average molecular weight is 322 g/mol. The van der Waals surface area contributed by atoms with Gasteiger partial charge in [-0.25, -0.2) is 8.42 Å². The molecule has 0 atom stereocenters. The van der Waals surface area contributed by atoms with Crippen LogP contribution in [0, 0.1) is 0 Å². The van der Waals surface area contributed by atoms with Crippen molar-refractivity contribution >= 4 is 33.2 Å². The number of rotatable bonds is 7. The minimum atomic E-state index is -2.90. The predicted octanol–water partition coefficient (Wildman–Crippen LogP) is 2.97. The molecule has 1 N–H and O–H groups in total. The van der Waals surface area contributed by atoms with Crippen LogP contribution in [-0.2, 0) is 16.4 Å². The summed E-state index contributed by atoms with van der Waals surface area (Å²) in [7, 11) is -2.90. The average Bonchev–Trinajstić information content (AvgIpc) is 2.27. The van der Waals surface area contributed by atoms with Crippen molar-refractivity contribution < 1.29 is 8.42 Å². The van der Waals surface area contributed by atoms with Gasteiger partial charge in [0.15, 0.2) is 0 Å². The topological polar surface area (TPSA) is 46.2 Å². The lowest BCUT2D eigenvalue weighted by atomic mass is 10.2. The van der Waals surface area contributed by atoms with E-state index in [4.69, 9.17) is 11.6 Å². The Morgan fingerprint density at radius 3 is 2.63 bits per heavy atom. The van der Waals surface area contributed by atoms with Gasteiger partial charge in [0, 0.05) is 34.5 Å². The molecule has 0 unspecified atom stereocenters. The lowest BCUT2D eigenvalue weighted by Crippen LogP contribution is -2.22. The molecule has 0 aliphatic heterocycles. The van der Waals surface area contributed by atoms with Crippen LogP contribution in [0.25, 0.3) is 0 Å². The smallest absolute Gasteiger partial charge is 0.148 e. The maximum Gasteiger partial charge on any atom is 0.148 e. The summed E-state index contributed by atoms with van der Waals surface area (Å²) in [6, 6.07) is 6.11. The Morgan fingerprint density at radius 1 is 1.37 bits per heavy atom. The Balaban J connectivity index is 2.70. The third kappa shape index (κ3) is 7.20. The van der Waals surface area contributed by atoms with Crippen molar-refractivity contribution in [2.75, 3.05) is 17.8 Å². The fraction of sp³-hybridized carbons (Fsp3) is 0.538. The molecule has 0 aromatic heterocycles. The highest BCUT2D eigenvalue weighted by atomic mass is 35.5. The van der Waals surface area contributed by atoms with E-state index in [1.54, 1.807) is 11.8 Å². The van der Waals surface area contributed by atoms with E-state index < -0.39 is 9.84 Å². The van der Waals surface area contributed by atoms with E-state index in [2.05, 4.69) is 19.2 Å². The molecule has 0 aliphatic carbocycles. The SMILES string of the molecule is CC(C)NCc1cc(Cl)ccc1SCCS(C)(=O)=O. The second-order valence-corrected chi connectivity index (χ2v) is 8.60. The normalized spacial score (nSPS) is 12.1. The van der Waals surface area contributed by atoms with Crippen LogP contribution >= 0.6 is 23.4 Å². The molecule has 0 saturated heterocycles. The Hall–Kier alpha value is -0.230. The van der Waals surface area contributed by atoms with E-state index in [9.17, 15) is 8.42 Å². The first-order valence-corrected chi connectivity index (χ1v) is 9.52. The van der Waals surface area contributed by atoms with Crippen molar-refractivity contribution in [2.45, 2.75) is 31.3 Å². The summed E-state index contributed by atoms with van der Waals surface area (Å²) in [5, 5.41) is 4.05. The second kappa shape index (κ2) is 7.53. The van der Waals surface area contributed by atoms with Crippen LogP contribution in [0.4, 0.5) is 0 Å². The van der Waals surface area contributed by atoms with Crippen LogP contribution < -0.4 is 5.32 Å². The highest BCUT2D eigenvalue weighted by Crippen LogP contribution is 2.26. The monoisotopic (exact) mass is 321 g/mol. The maximum atomic E-state index is 11.1. The van der Waals surface area contributed by atoms with Gasteiger partial charge in [0.1, 0.15) is 9.84 Å². The summed E-state index contributed by atoms with van der Waals surface area (Å²) in [6.07, 6.45) is 1.26. The van der Waals surface area contributed by atoms with Crippen LogP contribution in [0.1, 0.15) is 19.4 Å². The van der Waals surface area contributed by atoms with Gasteiger partial charge in [0.2, 0.25) is 0 Å². The number of sulfone groups is 1. The summed E-state index contributed by atoms with van der Waals surface area (Å²) in [6.45, 7) is 4.90. The Bertz CT molecular complexity index is 515. The Kier molecular flexibility index (Phi) is 6.66. The van der Waals surface area contributed by atoms with Crippen LogP contribution in [0.5, 0.6) is 0 Å². The Morgan fingerprint density at radius 2 is 2.05 bits per heavy atom. The van der Waals surface area contributed by atoms with E-state index >= 15 is 0 Å². The molecule has 0 bridgehead atoms. The molecular weight excluding hydrogens is 302 g/mol. The largest absolute Gasteiger partial charge is 0.310 e. The van der Waals surface area contributed by atoms with Crippen molar-refractivity contribution in [3.05, 3.63) is 28.8 Å². The van der Waals surface area contributed by atoms with Gasteiger partial charge in [-0.3, -0.25) is 0 Å². The molecular formula is C13H20ClNO2S2. The molecule has 108 valence electrons. The number of thioether (sulfide) groups is 1. The lowest BCUT2D eigenvalue weighted by Gasteiger charge is -2.12. The highest BCUT2D eigenvalue weighted by Gasteiger charge is 2.07. The van der Waals surface area contributed by atoms with E-state index in [1.807, 2.05) is 18.2 Å². The van der Waals surface area contributed by atoms with Gasteiger partial charge in [0.25, 0.3) is 0 Å². The zero-order valence-electron chi connectivity index (χ0n) is 11.4. The number of hydrogen-bond acceptors (Lipinski definition) is 4. The van der Waals surface area contributed by atoms with Gasteiger partial charge in [-0.1, -0.05) is 25.4 Å². The fourth-order valence-corrected chi connectivity index (χ4v) is 3.88. The molecule has 0 fully saturated rings. The van der Waals surface area contributed by atoms with Gasteiger partial charge in [-0.2, -0.15) is 0 Å². The molecule has 1 aromatic rings. The van der Waals surface area contributed by atoms with Crippen LogP contribution in [0.2, 0.25) is 5.02 Å². The molecule has 1 rings (SSSR count). The van der Waals surface area contributed by atoms with E-state index in [0.717, 1.165) is 17.0 Å². The summed E-state index contributed by atoms with van der Waals surface area (Å²) >= 11 is 7.56. The van der Waals surface area contributed by atoms with Crippen LogP contribution in [-0.4, -0.2) is 32.2 Å². The van der Waals surface area contributed by atoms with Gasteiger partial charge in [0.05, 0.1) is 5.75 Å². The van der Waals surface area contributed by atoms with Crippen molar-refractivity contribution in [1.82, 2.24) is 5.32 Å². The van der Waals surface area contributed by atoms with Gasteiger partial charge in [-0.05, 0) is 23.8 Å². The third-order valence-corrected chi connectivity index (χ3v) is 4.99. The standard InChI is InChI=1S/C13H20ClNO2S2/c1-10(2)15-9-11-8-12(14)4-5-13(11)18-6-7-19(3,16)17/h4-5,8,10,15H,6-7,9H2,1-3H3. The van der Waals surface area contributed by atoms with Crippen molar-refractivity contribution in [2.24, 2.45) is 0 Å². The quantitative estimate of drug-likeness (QED) is 0.784. The first kappa shape index (κ1) is 16.8. The summed E-state index contributed by atoms with van der Waals surface area (Å²) in [5.41, 5.74) is 1.11. The first-order chi connectivity index (χ1) is 8.78. The van der Waals surface area contributed by atoms with E-state index in [-0.39, 0.29) is 5.75 Å². The summed E-state index contributed by atoms with van der Waals surface area (Å²) < 4.78 is 22.3. The van der Waals surface area contributed by atoms with Crippen LogP contribution in [0.3, 0.4) is 0 Å². The minimum Gasteiger partial charge on any atom is -0.310 e. The second-order valence-electron chi connectivity index (χ2n) is 4.77. The maximum absolute atomic E-state index is 11.1. The molecule has 0 saturated carbocycles. The van der Waals surface area contributed by atoms with E-state index in [0.29, 0.717) is 16.8 Å². The molecule has 19 heavy (non-hydrogen) atoms.